The van der Waals surface area contributed by atoms with Crippen molar-refractivity contribution in [3.05, 3.63) is 29.6 Å². The van der Waals surface area contributed by atoms with Gasteiger partial charge in [0.15, 0.2) is 11.6 Å². The van der Waals surface area contributed by atoms with E-state index in [4.69, 9.17) is 4.74 Å². The third-order valence-corrected chi connectivity index (χ3v) is 4.21. The van der Waals surface area contributed by atoms with E-state index in [0.29, 0.717) is 17.8 Å². The molecule has 1 heterocycles. The van der Waals surface area contributed by atoms with Gasteiger partial charge in [-0.2, -0.15) is 0 Å². The van der Waals surface area contributed by atoms with Crippen LogP contribution >= 0.6 is 0 Å². The Bertz CT molecular complexity index is 442. The van der Waals surface area contributed by atoms with Crippen LogP contribution in [0.15, 0.2) is 18.2 Å². The van der Waals surface area contributed by atoms with Crippen molar-refractivity contribution in [3.8, 4) is 5.75 Å². The van der Waals surface area contributed by atoms with Crippen LogP contribution in [0.25, 0.3) is 0 Å². The number of methoxy groups -OCH3 is 1. The van der Waals surface area contributed by atoms with Crippen molar-refractivity contribution >= 4 is 0 Å². The summed E-state index contributed by atoms with van der Waals surface area (Å²) in [6.07, 6.45) is 3.73. The minimum atomic E-state index is -0.317. The van der Waals surface area contributed by atoms with Crippen molar-refractivity contribution in [1.29, 1.82) is 0 Å². The fourth-order valence-electron chi connectivity index (χ4n) is 2.92. The Morgan fingerprint density at radius 3 is 2.55 bits per heavy atom. The van der Waals surface area contributed by atoms with E-state index in [9.17, 15) is 4.39 Å². The normalized spacial score (nSPS) is 25.4. The first-order valence-electron chi connectivity index (χ1n) is 7.41. The lowest BCUT2D eigenvalue weighted by molar-refractivity contribution is 0.0320. The monoisotopic (exact) mass is 280 g/mol. The van der Waals surface area contributed by atoms with Gasteiger partial charge in [0.2, 0.25) is 0 Å². The maximum absolute atomic E-state index is 13.5. The second-order valence-electron chi connectivity index (χ2n) is 5.78. The zero-order valence-electron chi connectivity index (χ0n) is 12.8. The molecule has 1 aromatic carbocycles. The molecule has 0 bridgehead atoms. The highest BCUT2D eigenvalue weighted by Crippen LogP contribution is 2.26. The second kappa shape index (κ2) is 6.55. The summed E-state index contributed by atoms with van der Waals surface area (Å²) in [7, 11) is 1.50. The van der Waals surface area contributed by atoms with Gasteiger partial charge in [-0.1, -0.05) is 12.5 Å². The molecule has 0 aromatic heterocycles. The first-order valence-corrected chi connectivity index (χ1v) is 7.41. The van der Waals surface area contributed by atoms with Crippen LogP contribution in [0, 0.1) is 5.82 Å². The highest BCUT2D eigenvalue weighted by molar-refractivity contribution is 5.31. The highest BCUT2D eigenvalue weighted by atomic mass is 19.1. The summed E-state index contributed by atoms with van der Waals surface area (Å²) in [4.78, 5) is 0. The lowest BCUT2D eigenvalue weighted by atomic mass is 9.99. The first kappa shape index (κ1) is 15.3. The molecule has 1 aromatic rings. The quantitative estimate of drug-likeness (QED) is 0.911. The molecular formula is C16H25FN2O. The van der Waals surface area contributed by atoms with Crippen LogP contribution < -0.4 is 10.2 Å². The third-order valence-electron chi connectivity index (χ3n) is 4.21. The summed E-state index contributed by atoms with van der Waals surface area (Å²) in [6.45, 7) is 6.60. The largest absolute Gasteiger partial charge is 0.494 e. The number of nitrogens with zero attached hydrogens (tertiary/aromatic N) is 1. The summed E-state index contributed by atoms with van der Waals surface area (Å²) >= 11 is 0. The molecular weight excluding hydrogens is 255 g/mol. The van der Waals surface area contributed by atoms with Gasteiger partial charge in [0.25, 0.3) is 0 Å². The fourth-order valence-corrected chi connectivity index (χ4v) is 2.92. The highest BCUT2D eigenvalue weighted by Gasteiger charge is 2.26. The molecule has 112 valence electrons. The average Bonchev–Trinajstić information content (AvgIpc) is 2.43. The van der Waals surface area contributed by atoms with Crippen LogP contribution in [0.1, 0.15) is 51.6 Å². The summed E-state index contributed by atoms with van der Waals surface area (Å²) in [5.41, 5.74) is 4.60. The van der Waals surface area contributed by atoms with E-state index in [2.05, 4.69) is 31.2 Å². The van der Waals surface area contributed by atoms with E-state index < -0.39 is 0 Å². The molecule has 3 unspecified atom stereocenters. The number of hydrogen-bond acceptors (Lipinski definition) is 3. The maximum atomic E-state index is 13.5. The molecule has 20 heavy (non-hydrogen) atoms. The van der Waals surface area contributed by atoms with Gasteiger partial charge in [-0.05, 0) is 51.3 Å². The number of hydrazine groups is 1. The van der Waals surface area contributed by atoms with Gasteiger partial charge in [-0.15, -0.1) is 0 Å². The van der Waals surface area contributed by atoms with Crippen molar-refractivity contribution < 1.29 is 9.13 Å². The molecule has 0 amide bonds. The van der Waals surface area contributed by atoms with Gasteiger partial charge >= 0.3 is 0 Å². The van der Waals surface area contributed by atoms with Crippen LogP contribution in [-0.2, 0) is 0 Å². The van der Waals surface area contributed by atoms with Gasteiger partial charge in [-0.25, -0.2) is 14.8 Å². The number of ether oxygens (including phenoxy) is 1. The molecule has 1 saturated heterocycles. The molecule has 0 saturated carbocycles. The van der Waals surface area contributed by atoms with Gasteiger partial charge in [0.05, 0.1) is 7.11 Å². The van der Waals surface area contributed by atoms with Gasteiger partial charge < -0.3 is 4.74 Å². The molecule has 0 spiro atoms. The number of nitrogens with one attached hydrogen (secondary N) is 1. The number of piperidine rings is 1. The molecule has 1 aliphatic rings. The molecule has 2 rings (SSSR count). The van der Waals surface area contributed by atoms with Crippen molar-refractivity contribution in [2.75, 3.05) is 7.11 Å². The SMILES string of the molecule is COc1cc(C(C)NN2C(C)CCCC2C)ccc1F. The van der Waals surface area contributed by atoms with E-state index in [-0.39, 0.29) is 11.9 Å². The first-order chi connectivity index (χ1) is 9.52. The Morgan fingerprint density at radius 2 is 1.95 bits per heavy atom. The fraction of sp³-hybridized carbons (Fsp3) is 0.625. The lowest BCUT2D eigenvalue weighted by Crippen LogP contribution is -2.52. The number of benzene rings is 1. The zero-order valence-corrected chi connectivity index (χ0v) is 12.8. The number of hydrogen-bond donors (Lipinski definition) is 1. The van der Waals surface area contributed by atoms with E-state index in [1.54, 1.807) is 6.07 Å². The summed E-state index contributed by atoms with van der Waals surface area (Å²) in [5.74, 6) is -0.0148. The van der Waals surface area contributed by atoms with Crippen LogP contribution in [0.3, 0.4) is 0 Å². The average molecular weight is 280 g/mol. The minimum absolute atomic E-state index is 0.132. The predicted molar refractivity (Wildman–Crippen MR) is 79.1 cm³/mol. The smallest absolute Gasteiger partial charge is 0.165 e. The van der Waals surface area contributed by atoms with Crippen LogP contribution in [-0.4, -0.2) is 24.2 Å². The van der Waals surface area contributed by atoms with Crippen molar-refractivity contribution in [2.45, 2.75) is 58.2 Å². The van der Waals surface area contributed by atoms with Crippen molar-refractivity contribution in [2.24, 2.45) is 0 Å². The zero-order chi connectivity index (χ0) is 14.7. The molecule has 3 atom stereocenters. The second-order valence-corrected chi connectivity index (χ2v) is 5.78. The summed E-state index contributed by atoms with van der Waals surface area (Å²) in [5, 5.41) is 2.34. The minimum Gasteiger partial charge on any atom is -0.494 e. The van der Waals surface area contributed by atoms with Gasteiger partial charge in [0.1, 0.15) is 0 Å². The Balaban J connectivity index is 2.09. The van der Waals surface area contributed by atoms with E-state index in [1.807, 2.05) is 6.07 Å². The maximum Gasteiger partial charge on any atom is 0.165 e. The standard InChI is InChI=1S/C16H25FN2O/c1-11-6-5-7-12(2)19(11)18-13(3)14-8-9-15(17)16(10-14)20-4/h8-13,18H,5-7H2,1-4H3. The Hall–Kier alpha value is -1.13. The topological polar surface area (TPSA) is 24.5 Å². The molecule has 0 aliphatic carbocycles. The van der Waals surface area contributed by atoms with Gasteiger partial charge in [-0.3, -0.25) is 0 Å². The van der Waals surface area contributed by atoms with Crippen LogP contribution in [0.2, 0.25) is 0 Å². The molecule has 1 fully saturated rings. The molecule has 0 radical (unpaired) electrons. The predicted octanol–water partition coefficient (Wildman–Crippen LogP) is 3.66. The van der Waals surface area contributed by atoms with Crippen molar-refractivity contribution in [1.82, 2.24) is 10.4 Å². The van der Waals surface area contributed by atoms with E-state index in [1.165, 1.54) is 32.4 Å². The third kappa shape index (κ3) is 3.30. The van der Waals surface area contributed by atoms with E-state index >= 15 is 0 Å². The molecule has 4 heteroatoms. The van der Waals surface area contributed by atoms with Crippen LogP contribution in [0.4, 0.5) is 4.39 Å². The lowest BCUT2D eigenvalue weighted by Gasteiger charge is -2.41. The Labute approximate surface area is 121 Å². The van der Waals surface area contributed by atoms with Gasteiger partial charge in [0, 0.05) is 18.1 Å². The number of rotatable bonds is 4. The summed E-state index contributed by atoms with van der Waals surface area (Å²) in [6, 6.07) is 6.25. The Kier molecular flexibility index (Phi) is 5.00. The summed E-state index contributed by atoms with van der Waals surface area (Å²) < 4.78 is 18.5. The Morgan fingerprint density at radius 1 is 1.30 bits per heavy atom. The number of halogens is 1. The van der Waals surface area contributed by atoms with Crippen LogP contribution in [0.5, 0.6) is 5.75 Å². The molecule has 3 nitrogen and oxygen atoms in total. The molecule has 1 N–H and O–H groups in total. The molecule has 1 aliphatic heterocycles. The van der Waals surface area contributed by atoms with Crippen molar-refractivity contribution in [3.63, 3.8) is 0 Å². The van der Waals surface area contributed by atoms with E-state index in [0.717, 1.165) is 5.56 Å².